The highest BCUT2D eigenvalue weighted by atomic mass is 16.3. The third-order valence-corrected chi connectivity index (χ3v) is 2.64. The zero-order chi connectivity index (χ0) is 11.4. The third kappa shape index (κ3) is 2.13. The van der Waals surface area contributed by atoms with Crippen LogP contribution in [0.25, 0.3) is 0 Å². The molecule has 0 spiro atoms. The Hall–Kier alpha value is -1.48. The van der Waals surface area contributed by atoms with Crippen LogP contribution in [-0.2, 0) is 0 Å². The van der Waals surface area contributed by atoms with E-state index < -0.39 is 6.10 Å². The van der Waals surface area contributed by atoms with Gasteiger partial charge in [-0.3, -0.25) is 0 Å². The van der Waals surface area contributed by atoms with Crippen LogP contribution in [0.15, 0.2) is 12.1 Å². The van der Waals surface area contributed by atoms with Gasteiger partial charge in [-0.1, -0.05) is 19.1 Å². The van der Waals surface area contributed by atoms with E-state index >= 15 is 0 Å². The van der Waals surface area contributed by atoms with Crippen LogP contribution in [0.4, 0.5) is 0 Å². The Balaban J connectivity index is 3.34. The minimum Gasteiger partial charge on any atom is -0.388 e. The van der Waals surface area contributed by atoms with Crippen molar-refractivity contribution < 1.29 is 5.11 Å². The molecule has 0 aromatic heterocycles. The van der Waals surface area contributed by atoms with Crippen molar-refractivity contribution in [2.75, 3.05) is 0 Å². The minimum absolute atomic E-state index is 0.483. The topological polar surface area (TPSA) is 67.9 Å². The second-order valence-corrected chi connectivity index (χ2v) is 3.50. The van der Waals surface area contributed by atoms with Gasteiger partial charge in [0.2, 0.25) is 0 Å². The van der Waals surface area contributed by atoms with Gasteiger partial charge in [0.15, 0.2) is 0 Å². The second-order valence-electron chi connectivity index (χ2n) is 3.50. The first-order chi connectivity index (χ1) is 7.15. The quantitative estimate of drug-likeness (QED) is 0.648. The van der Waals surface area contributed by atoms with Gasteiger partial charge in [-0.05, 0) is 24.5 Å². The first-order valence-electron chi connectivity index (χ1n) is 4.98. The van der Waals surface area contributed by atoms with E-state index in [2.05, 4.69) is 0 Å². The minimum atomic E-state index is -0.483. The van der Waals surface area contributed by atoms with E-state index in [-0.39, 0.29) is 0 Å². The van der Waals surface area contributed by atoms with Crippen molar-refractivity contribution in [2.45, 2.75) is 26.4 Å². The summed E-state index contributed by atoms with van der Waals surface area (Å²) in [4.78, 5) is 0. The lowest BCUT2D eigenvalue weighted by molar-refractivity contribution is 0.173. The Labute approximate surface area is 89.8 Å². The van der Waals surface area contributed by atoms with E-state index in [9.17, 15) is 5.11 Å². The molecule has 0 aliphatic rings. The molecule has 1 atom stereocenters. The summed E-state index contributed by atoms with van der Waals surface area (Å²) in [6, 6.07) is 3.60. The summed E-state index contributed by atoms with van der Waals surface area (Å²) in [6.45, 7) is 3.79. The smallest absolute Gasteiger partial charge is 0.0790 e. The molecule has 1 aromatic rings. The molecule has 1 unspecified atom stereocenters. The highest BCUT2D eigenvalue weighted by Gasteiger charge is 2.12. The summed E-state index contributed by atoms with van der Waals surface area (Å²) in [5, 5.41) is 24.3. The van der Waals surface area contributed by atoms with Crippen LogP contribution >= 0.6 is 0 Å². The fourth-order valence-corrected chi connectivity index (χ4v) is 1.66. The standard InChI is InChI=1S/C12H16N2O/c1-3-12(15)10-5-4-9(6-13)11(7-14)8(10)2/h4-7,12-15H,3H2,1-2H3. The molecule has 0 heterocycles. The van der Waals surface area contributed by atoms with Gasteiger partial charge in [0.05, 0.1) is 6.10 Å². The van der Waals surface area contributed by atoms with Crippen molar-refractivity contribution in [3.8, 4) is 0 Å². The summed E-state index contributed by atoms with van der Waals surface area (Å²) >= 11 is 0. The normalized spacial score (nSPS) is 12.2. The van der Waals surface area contributed by atoms with Crippen LogP contribution in [-0.4, -0.2) is 17.5 Å². The molecule has 0 radical (unpaired) electrons. The average Bonchev–Trinajstić information content (AvgIpc) is 2.27. The van der Waals surface area contributed by atoms with Gasteiger partial charge in [-0.2, -0.15) is 0 Å². The van der Waals surface area contributed by atoms with E-state index in [4.69, 9.17) is 10.8 Å². The highest BCUT2D eigenvalue weighted by Crippen LogP contribution is 2.24. The Morgan fingerprint density at radius 1 is 1.33 bits per heavy atom. The molecule has 0 bridgehead atoms. The molecule has 3 N–H and O–H groups in total. The lowest BCUT2D eigenvalue weighted by Crippen LogP contribution is -2.04. The molecule has 80 valence electrons. The Morgan fingerprint density at radius 2 is 2.00 bits per heavy atom. The number of nitrogens with one attached hydrogen (secondary N) is 2. The number of aliphatic hydroxyl groups excluding tert-OH is 1. The fourth-order valence-electron chi connectivity index (χ4n) is 1.66. The highest BCUT2D eigenvalue weighted by molar-refractivity contribution is 5.93. The van der Waals surface area contributed by atoms with Gasteiger partial charge in [0.25, 0.3) is 0 Å². The Kier molecular flexibility index (Phi) is 3.74. The predicted octanol–water partition coefficient (Wildman–Crippen LogP) is 2.43. The maximum Gasteiger partial charge on any atom is 0.0790 e. The molecule has 1 aromatic carbocycles. The first kappa shape index (κ1) is 11.6. The molecule has 3 heteroatoms. The maximum atomic E-state index is 9.76. The van der Waals surface area contributed by atoms with Crippen molar-refractivity contribution in [2.24, 2.45) is 0 Å². The number of benzene rings is 1. The maximum absolute atomic E-state index is 9.76. The second kappa shape index (κ2) is 4.84. The van der Waals surface area contributed by atoms with E-state index in [1.807, 2.05) is 19.9 Å². The zero-order valence-corrected chi connectivity index (χ0v) is 9.04. The summed E-state index contributed by atoms with van der Waals surface area (Å²) in [7, 11) is 0. The first-order valence-corrected chi connectivity index (χ1v) is 4.98. The average molecular weight is 204 g/mol. The molecule has 0 aliphatic carbocycles. The van der Waals surface area contributed by atoms with E-state index in [1.54, 1.807) is 6.07 Å². The molecule has 0 aliphatic heterocycles. The van der Waals surface area contributed by atoms with E-state index in [1.165, 1.54) is 12.4 Å². The summed E-state index contributed by atoms with van der Waals surface area (Å²) < 4.78 is 0. The molecular weight excluding hydrogens is 188 g/mol. The molecule has 3 nitrogen and oxygen atoms in total. The van der Waals surface area contributed by atoms with Crippen molar-refractivity contribution in [1.82, 2.24) is 0 Å². The summed E-state index contributed by atoms with van der Waals surface area (Å²) in [5.74, 6) is 0. The Morgan fingerprint density at radius 3 is 2.47 bits per heavy atom. The predicted molar refractivity (Wildman–Crippen MR) is 62.2 cm³/mol. The lowest BCUT2D eigenvalue weighted by Gasteiger charge is -2.14. The zero-order valence-electron chi connectivity index (χ0n) is 9.04. The molecule has 0 saturated carbocycles. The van der Waals surface area contributed by atoms with Gasteiger partial charge in [-0.25, -0.2) is 0 Å². The molecular formula is C12H16N2O. The van der Waals surface area contributed by atoms with Crippen LogP contribution < -0.4 is 0 Å². The van der Waals surface area contributed by atoms with Crippen molar-refractivity contribution in [1.29, 1.82) is 10.8 Å². The third-order valence-electron chi connectivity index (χ3n) is 2.64. The van der Waals surface area contributed by atoms with Crippen LogP contribution in [0.5, 0.6) is 0 Å². The van der Waals surface area contributed by atoms with Crippen LogP contribution in [0.1, 0.15) is 41.7 Å². The van der Waals surface area contributed by atoms with Gasteiger partial charge in [0, 0.05) is 23.6 Å². The molecule has 15 heavy (non-hydrogen) atoms. The number of rotatable bonds is 4. The summed E-state index contributed by atoms with van der Waals surface area (Å²) in [6.07, 6.45) is 2.64. The lowest BCUT2D eigenvalue weighted by atomic mass is 9.94. The van der Waals surface area contributed by atoms with Crippen LogP contribution in [0.3, 0.4) is 0 Å². The molecule has 1 rings (SSSR count). The van der Waals surface area contributed by atoms with E-state index in [0.717, 1.165) is 22.3 Å². The SMILES string of the molecule is CCC(O)c1ccc(C=N)c(C=N)c1C. The van der Waals surface area contributed by atoms with Crippen LogP contribution in [0.2, 0.25) is 0 Å². The van der Waals surface area contributed by atoms with Gasteiger partial charge >= 0.3 is 0 Å². The number of hydrogen-bond acceptors (Lipinski definition) is 3. The summed E-state index contributed by atoms with van der Waals surface area (Å²) in [5.41, 5.74) is 3.17. The number of hydrogen-bond donors (Lipinski definition) is 3. The fraction of sp³-hybridized carbons (Fsp3) is 0.333. The molecule has 0 saturated heterocycles. The number of aliphatic hydroxyl groups is 1. The molecule has 0 fully saturated rings. The largest absolute Gasteiger partial charge is 0.388 e. The van der Waals surface area contributed by atoms with E-state index in [0.29, 0.717) is 6.42 Å². The van der Waals surface area contributed by atoms with Gasteiger partial charge in [0.1, 0.15) is 0 Å². The Bertz CT molecular complexity index is 385. The monoisotopic (exact) mass is 204 g/mol. The van der Waals surface area contributed by atoms with Crippen molar-refractivity contribution in [3.05, 3.63) is 34.4 Å². The van der Waals surface area contributed by atoms with Crippen molar-refractivity contribution >= 4 is 12.4 Å². The van der Waals surface area contributed by atoms with Gasteiger partial charge in [-0.15, -0.1) is 0 Å². The molecule has 0 amide bonds. The van der Waals surface area contributed by atoms with Crippen molar-refractivity contribution in [3.63, 3.8) is 0 Å². The van der Waals surface area contributed by atoms with Gasteiger partial charge < -0.3 is 15.9 Å². The van der Waals surface area contributed by atoms with Crippen LogP contribution in [0, 0.1) is 17.7 Å².